The van der Waals surface area contributed by atoms with Crippen LogP contribution in [0.4, 0.5) is 0 Å². The first-order chi connectivity index (χ1) is 16.4. The number of H-pyrrole nitrogens is 1. The second-order valence-electron chi connectivity index (χ2n) is 9.60. The molecule has 1 aliphatic carbocycles. The third-order valence-corrected chi connectivity index (χ3v) is 7.37. The number of amides is 2. The number of aromatic nitrogens is 2. The van der Waals surface area contributed by atoms with Gasteiger partial charge in [0.15, 0.2) is 0 Å². The maximum atomic E-state index is 13.1. The van der Waals surface area contributed by atoms with Crippen molar-refractivity contribution in [1.82, 2.24) is 14.9 Å². The van der Waals surface area contributed by atoms with Gasteiger partial charge in [-0.2, -0.15) is 0 Å². The average molecular weight is 451 g/mol. The monoisotopic (exact) mass is 450 g/mol. The molecule has 34 heavy (non-hydrogen) atoms. The van der Waals surface area contributed by atoms with Gasteiger partial charge in [0.05, 0.1) is 0 Å². The first-order valence-electron chi connectivity index (χ1n) is 11.7. The standard InChI is InChI=1S/C28H26N4O2/c1-15-9-20(10-22-14-32(28(34)25(15)22)16(2)17-3-4-17)21-11-23-24(13-31-27(23)30-12-21)18-5-7-19(8-6-18)26(29)33/h5-13,16-17H,3-4,14H2,1-2H3,(H2,29,33)(H,30,31)/t16-/m0/s1. The van der Waals surface area contributed by atoms with Gasteiger partial charge in [0, 0.05) is 52.6 Å². The Balaban J connectivity index is 1.38. The Hall–Kier alpha value is -3.93. The summed E-state index contributed by atoms with van der Waals surface area (Å²) in [7, 11) is 0. The van der Waals surface area contributed by atoms with E-state index in [4.69, 9.17) is 5.73 Å². The van der Waals surface area contributed by atoms with Crippen molar-refractivity contribution in [2.45, 2.75) is 39.3 Å². The number of primary amides is 1. The second-order valence-corrected chi connectivity index (χ2v) is 9.60. The summed E-state index contributed by atoms with van der Waals surface area (Å²) in [6.45, 7) is 4.89. The molecule has 6 rings (SSSR count). The summed E-state index contributed by atoms with van der Waals surface area (Å²) in [5.74, 6) is 0.373. The van der Waals surface area contributed by atoms with Crippen molar-refractivity contribution in [1.29, 1.82) is 0 Å². The van der Waals surface area contributed by atoms with Gasteiger partial charge in [-0.05, 0) is 79.1 Å². The summed E-state index contributed by atoms with van der Waals surface area (Å²) < 4.78 is 0. The van der Waals surface area contributed by atoms with Crippen LogP contribution in [0.2, 0.25) is 0 Å². The van der Waals surface area contributed by atoms with Gasteiger partial charge in [0.25, 0.3) is 5.91 Å². The van der Waals surface area contributed by atoms with E-state index in [9.17, 15) is 9.59 Å². The SMILES string of the molecule is Cc1cc(-c2cnc3[nH]cc(-c4ccc(C(N)=O)cc4)c3c2)cc2c1C(=O)N([C@@H](C)C1CC1)C2. The molecule has 170 valence electrons. The van der Waals surface area contributed by atoms with E-state index in [1.807, 2.05) is 36.4 Å². The summed E-state index contributed by atoms with van der Waals surface area (Å²) in [6, 6.07) is 14.0. The third-order valence-electron chi connectivity index (χ3n) is 7.37. The first-order valence-corrected chi connectivity index (χ1v) is 11.7. The van der Waals surface area contributed by atoms with Crippen molar-refractivity contribution < 1.29 is 9.59 Å². The molecule has 2 aromatic carbocycles. The Morgan fingerprint density at radius 1 is 1.12 bits per heavy atom. The number of carbonyl (C=O) groups is 2. The highest BCUT2D eigenvalue weighted by molar-refractivity contribution is 6.01. The van der Waals surface area contributed by atoms with Gasteiger partial charge in [-0.15, -0.1) is 0 Å². The number of fused-ring (bicyclic) bond motifs is 2. The van der Waals surface area contributed by atoms with Crippen LogP contribution in [-0.2, 0) is 6.54 Å². The molecule has 3 heterocycles. The Bertz CT molecular complexity index is 1460. The lowest BCUT2D eigenvalue weighted by Crippen LogP contribution is -2.34. The number of rotatable bonds is 5. The molecule has 0 bridgehead atoms. The molecule has 0 unspecified atom stereocenters. The molecule has 6 nitrogen and oxygen atoms in total. The van der Waals surface area contributed by atoms with Gasteiger partial charge >= 0.3 is 0 Å². The van der Waals surface area contributed by atoms with Crippen LogP contribution in [0, 0.1) is 12.8 Å². The van der Waals surface area contributed by atoms with Crippen LogP contribution in [-0.4, -0.2) is 32.7 Å². The van der Waals surface area contributed by atoms with E-state index in [-0.39, 0.29) is 5.91 Å². The maximum absolute atomic E-state index is 13.1. The quantitative estimate of drug-likeness (QED) is 0.445. The smallest absolute Gasteiger partial charge is 0.255 e. The van der Waals surface area contributed by atoms with Crippen molar-refractivity contribution in [3.8, 4) is 22.3 Å². The van der Waals surface area contributed by atoms with E-state index < -0.39 is 5.91 Å². The van der Waals surface area contributed by atoms with Gasteiger partial charge in [-0.1, -0.05) is 18.2 Å². The van der Waals surface area contributed by atoms with Crippen LogP contribution in [0.5, 0.6) is 0 Å². The number of aromatic amines is 1. The van der Waals surface area contributed by atoms with Gasteiger partial charge in [0.1, 0.15) is 5.65 Å². The normalized spacial score (nSPS) is 16.2. The zero-order valence-electron chi connectivity index (χ0n) is 19.3. The highest BCUT2D eigenvalue weighted by Crippen LogP contribution is 2.40. The van der Waals surface area contributed by atoms with Crippen molar-refractivity contribution in [2.24, 2.45) is 11.7 Å². The lowest BCUT2D eigenvalue weighted by Gasteiger charge is -2.24. The average Bonchev–Trinajstić information content (AvgIpc) is 3.51. The topological polar surface area (TPSA) is 92.1 Å². The van der Waals surface area contributed by atoms with E-state index >= 15 is 0 Å². The summed E-state index contributed by atoms with van der Waals surface area (Å²) in [5, 5.41) is 1.00. The molecule has 1 atom stereocenters. The van der Waals surface area contributed by atoms with Gasteiger partial charge < -0.3 is 15.6 Å². The van der Waals surface area contributed by atoms with E-state index in [2.05, 4.69) is 35.1 Å². The van der Waals surface area contributed by atoms with Crippen LogP contribution in [0.1, 0.15) is 51.6 Å². The maximum Gasteiger partial charge on any atom is 0.255 e. The Kier molecular flexibility index (Phi) is 4.59. The summed E-state index contributed by atoms with van der Waals surface area (Å²) in [5.41, 5.74) is 13.7. The molecule has 1 fully saturated rings. The van der Waals surface area contributed by atoms with Crippen LogP contribution >= 0.6 is 0 Å². The number of carbonyl (C=O) groups excluding carboxylic acids is 2. The largest absolute Gasteiger partial charge is 0.366 e. The van der Waals surface area contributed by atoms with E-state index in [0.717, 1.165) is 50.0 Å². The number of aryl methyl sites for hydroxylation is 1. The predicted octanol–water partition coefficient (Wildman–Crippen LogP) is 5.06. The zero-order chi connectivity index (χ0) is 23.6. The lowest BCUT2D eigenvalue weighted by atomic mass is 9.96. The molecular formula is C28H26N4O2. The van der Waals surface area contributed by atoms with Crippen LogP contribution in [0.15, 0.2) is 54.9 Å². The molecule has 4 aromatic rings. The lowest BCUT2D eigenvalue weighted by molar-refractivity contribution is 0.0697. The van der Waals surface area contributed by atoms with Crippen LogP contribution in [0.3, 0.4) is 0 Å². The Morgan fingerprint density at radius 3 is 2.59 bits per heavy atom. The number of pyridine rings is 1. The minimum atomic E-state index is -0.440. The Morgan fingerprint density at radius 2 is 1.88 bits per heavy atom. The van der Waals surface area contributed by atoms with E-state index in [0.29, 0.717) is 24.1 Å². The predicted molar refractivity (Wildman–Crippen MR) is 132 cm³/mol. The summed E-state index contributed by atoms with van der Waals surface area (Å²) in [6.07, 6.45) is 6.26. The molecule has 2 aliphatic rings. The number of nitrogens with one attached hydrogen (secondary N) is 1. The van der Waals surface area contributed by atoms with E-state index in [1.54, 1.807) is 12.1 Å². The van der Waals surface area contributed by atoms with Gasteiger partial charge in [-0.3, -0.25) is 9.59 Å². The minimum absolute atomic E-state index is 0.166. The molecule has 2 aromatic heterocycles. The highest BCUT2D eigenvalue weighted by Gasteiger charge is 2.39. The molecule has 0 spiro atoms. The second kappa shape index (κ2) is 7.55. The fourth-order valence-electron chi connectivity index (χ4n) is 5.23. The number of nitrogens with zero attached hydrogens (tertiary/aromatic N) is 2. The van der Waals surface area contributed by atoms with Gasteiger partial charge in [-0.25, -0.2) is 4.98 Å². The van der Waals surface area contributed by atoms with Crippen LogP contribution in [0.25, 0.3) is 33.3 Å². The molecule has 1 aliphatic heterocycles. The van der Waals surface area contributed by atoms with Crippen molar-refractivity contribution in [2.75, 3.05) is 0 Å². The van der Waals surface area contributed by atoms with E-state index in [1.165, 1.54) is 12.8 Å². The van der Waals surface area contributed by atoms with Crippen molar-refractivity contribution >= 4 is 22.8 Å². The molecule has 3 N–H and O–H groups in total. The first kappa shape index (κ1) is 20.7. The Labute approximate surface area is 197 Å². The minimum Gasteiger partial charge on any atom is -0.366 e. The van der Waals surface area contributed by atoms with Crippen LogP contribution < -0.4 is 5.73 Å². The summed E-state index contributed by atoms with van der Waals surface area (Å²) >= 11 is 0. The summed E-state index contributed by atoms with van der Waals surface area (Å²) in [4.78, 5) is 34.5. The zero-order valence-corrected chi connectivity index (χ0v) is 19.3. The molecular weight excluding hydrogens is 424 g/mol. The molecule has 1 saturated carbocycles. The van der Waals surface area contributed by atoms with Gasteiger partial charge in [0.2, 0.25) is 5.91 Å². The highest BCUT2D eigenvalue weighted by atomic mass is 16.2. The fourth-order valence-corrected chi connectivity index (χ4v) is 5.23. The van der Waals surface area contributed by atoms with Crippen molar-refractivity contribution in [3.63, 3.8) is 0 Å². The third kappa shape index (κ3) is 3.29. The number of hydrogen-bond acceptors (Lipinski definition) is 3. The molecule has 0 radical (unpaired) electrons. The molecule has 0 saturated heterocycles. The number of nitrogens with two attached hydrogens (primary N) is 1. The number of hydrogen-bond donors (Lipinski definition) is 2. The fraction of sp³-hybridized carbons (Fsp3) is 0.250. The molecule has 6 heteroatoms. The number of benzene rings is 2. The molecule has 2 amide bonds. The van der Waals surface area contributed by atoms with Crippen molar-refractivity contribution in [3.05, 3.63) is 77.1 Å².